The average molecular weight is 175 g/mol. The molecule has 1 saturated heterocycles. The van der Waals surface area contributed by atoms with Gasteiger partial charge in [0.15, 0.2) is 0 Å². The molecule has 0 saturated carbocycles. The minimum atomic E-state index is -1.03. The van der Waals surface area contributed by atoms with Gasteiger partial charge in [-0.2, -0.15) is 0 Å². The predicted octanol–water partition coefficient (Wildman–Crippen LogP) is 1.19. The van der Waals surface area contributed by atoms with Crippen LogP contribution in [-0.2, 0) is 0 Å². The third kappa shape index (κ3) is 2.72. The van der Waals surface area contributed by atoms with Crippen molar-refractivity contribution in [3.63, 3.8) is 0 Å². The Morgan fingerprint density at radius 1 is 1.67 bits per heavy atom. The van der Waals surface area contributed by atoms with E-state index in [0.717, 1.165) is 13.0 Å². The van der Waals surface area contributed by atoms with Crippen molar-refractivity contribution < 1.29 is 9.50 Å². The van der Waals surface area contributed by atoms with Gasteiger partial charge < -0.3 is 5.11 Å². The first-order valence-corrected chi connectivity index (χ1v) is 4.63. The van der Waals surface area contributed by atoms with Gasteiger partial charge in [0.05, 0.1) is 6.10 Å². The number of nitrogens with zero attached hydrogens (tertiary/aromatic N) is 1. The fourth-order valence-corrected chi connectivity index (χ4v) is 1.60. The highest BCUT2D eigenvalue weighted by atomic mass is 19.1. The van der Waals surface area contributed by atoms with Crippen LogP contribution >= 0.6 is 0 Å². The Hall–Kier alpha value is -0.150. The van der Waals surface area contributed by atoms with Gasteiger partial charge in [-0.15, -0.1) is 0 Å². The molecule has 0 amide bonds. The topological polar surface area (TPSA) is 23.5 Å². The van der Waals surface area contributed by atoms with Gasteiger partial charge in [0.1, 0.15) is 5.67 Å². The normalized spacial score (nSPS) is 34.0. The molecule has 3 heteroatoms. The Balaban J connectivity index is 2.28. The van der Waals surface area contributed by atoms with E-state index in [1.807, 2.05) is 11.8 Å². The molecule has 1 N–H and O–H groups in total. The standard InChI is InChI=1S/C9H18FNO/c1-3-8(12)6-11-5-4-9(2,10)7-11/h8,12H,3-7H2,1-2H3/t8-,9?/m0/s1. The second-order valence-electron chi connectivity index (χ2n) is 3.96. The average Bonchev–Trinajstić information content (AvgIpc) is 2.30. The van der Waals surface area contributed by atoms with Crippen molar-refractivity contribution in [2.45, 2.75) is 38.5 Å². The van der Waals surface area contributed by atoms with E-state index >= 15 is 0 Å². The molecule has 0 aromatic heterocycles. The van der Waals surface area contributed by atoms with Gasteiger partial charge in [-0.25, -0.2) is 4.39 Å². The first-order chi connectivity index (χ1) is 5.53. The highest BCUT2D eigenvalue weighted by Gasteiger charge is 2.33. The zero-order valence-corrected chi connectivity index (χ0v) is 7.89. The van der Waals surface area contributed by atoms with E-state index in [4.69, 9.17) is 0 Å². The van der Waals surface area contributed by atoms with E-state index in [1.165, 1.54) is 0 Å². The predicted molar refractivity (Wildman–Crippen MR) is 46.9 cm³/mol. The first kappa shape index (κ1) is 9.93. The smallest absolute Gasteiger partial charge is 0.122 e. The molecule has 1 aliphatic heterocycles. The van der Waals surface area contributed by atoms with E-state index in [1.54, 1.807) is 6.92 Å². The number of β-amino-alcohol motifs (C(OH)–C–C–N with tert-alkyl or cyclic N) is 1. The van der Waals surface area contributed by atoms with E-state index < -0.39 is 5.67 Å². The molecule has 2 nitrogen and oxygen atoms in total. The maximum atomic E-state index is 13.3. The minimum Gasteiger partial charge on any atom is -0.392 e. The van der Waals surface area contributed by atoms with Crippen LogP contribution in [0.3, 0.4) is 0 Å². The summed E-state index contributed by atoms with van der Waals surface area (Å²) in [4.78, 5) is 1.99. The molecule has 1 rings (SSSR count). The highest BCUT2D eigenvalue weighted by Crippen LogP contribution is 2.24. The van der Waals surface area contributed by atoms with Gasteiger partial charge in [-0.1, -0.05) is 6.92 Å². The van der Waals surface area contributed by atoms with Crippen molar-refractivity contribution in [2.24, 2.45) is 0 Å². The second-order valence-corrected chi connectivity index (χ2v) is 3.96. The fraction of sp³-hybridized carbons (Fsp3) is 1.00. The van der Waals surface area contributed by atoms with Crippen LogP contribution in [0, 0.1) is 0 Å². The Bertz CT molecular complexity index is 149. The Morgan fingerprint density at radius 3 is 2.75 bits per heavy atom. The van der Waals surface area contributed by atoms with Crippen molar-refractivity contribution in [3.05, 3.63) is 0 Å². The zero-order valence-electron chi connectivity index (χ0n) is 7.89. The summed E-state index contributed by atoms with van der Waals surface area (Å²) in [5, 5.41) is 9.32. The summed E-state index contributed by atoms with van der Waals surface area (Å²) >= 11 is 0. The zero-order chi connectivity index (χ0) is 9.19. The third-order valence-electron chi connectivity index (χ3n) is 2.44. The molecule has 0 spiro atoms. The van der Waals surface area contributed by atoms with Gasteiger partial charge in [0.2, 0.25) is 0 Å². The maximum Gasteiger partial charge on any atom is 0.122 e. The molecular formula is C9H18FNO. The molecule has 0 aromatic rings. The number of likely N-dealkylation sites (tertiary alicyclic amines) is 1. The van der Waals surface area contributed by atoms with Gasteiger partial charge in [0.25, 0.3) is 0 Å². The summed E-state index contributed by atoms with van der Waals surface area (Å²) in [6.07, 6.45) is 1.06. The van der Waals surface area contributed by atoms with Crippen LogP contribution in [0.4, 0.5) is 4.39 Å². The second kappa shape index (κ2) is 3.71. The van der Waals surface area contributed by atoms with Crippen LogP contribution in [0.5, 0.6) is 0 Å². The number of rotatable bonds is 3. The molecule has 0 aliphatic carbocycles. The van der Waals surface area contributed by atoms with Crippen LogP contribution in [0.15, 0.2) is 0 Å². The molecule has 1 unspecified atom stereocenters. The van der Waals surface area contributed by atoms with E-state index in [2.05, 4.69) is 0 Å². The van der Waals surface area contributed by atoms with Crippen LogP contribution in [0.2, 0.25) is 0 Å². The van der Waals surface area contributed by atoms with Gasteiger partial charge >= 0.3 is 0 Å². The summed E-state index contributed by atoms with van der Waals surface area (Å²) in [6, 6.07) is 0. The number of hydrogen-bond acceptors (Lipinski definition) is 2. The van der Waals surface area contributed by atoms with Crippen molar-refractivity contribution >= 4 is 0 Å². The first-order valence-electron chi connectivity index (χ1n) is 4.63. The van der Waals surface area contributed by atoms with Gasteiger partial charge in [-0.05, 0) is 19.8 Å². The summed E-state index contributed by atoms with van der Waals surface area (Å²) in [7, 11) is 0. The number of alkyl halides is 1. The number of halogens is 1. The van der Waals surface area contributed by atoms with Crippen molar-refractivity contribution in [1.29, 1.82) is 0 Å². The van der Waals surface area contributed by atoms with E-state index in [-0.39, 0.29) is 6.10 Å². The highest BCUT2D eigenvalue weighted by molar-refractivity contribution is 4.87. The Labute approximate surface area is 73.4 Å². The minimum absolute atomic E-state index is 0.293. The summed E-state index contributed by atoms with van der Waals surface area (Å²) < 4.78 is 13.3. The lowest BCUT2D eigenvalue weighted by Gasteiger charge is -2.19. The lowest BCUT2D eigenvalue weighted by Crippen LogP contribution is -2.32. The summed E-state index contributed by atoms with van der Waals surface area (Å²) in [5.41, 5.74) is -1.03. The number of hydrogen-bond donors (Lipinski definition) is 1. The number of aliphatic hydroxyl groups excluding tert-OH is 1. The van der Waals surface area contributed by atoms with Crippen molar-refractivity contribution in [1.82, 2.24) is 4.90 Å². The lowest BCUT2D eigenvalue weighted by molar-refractivity contribution is 0.109. The van der Waals surface area contributed by atoms with Crippen molar-refractivity contribution in [2.75, 3.05) is 19.6 Å². The van der Waals surface area contributed by atoms with Crippen molar-refractivity contribution in [3.8, 4) is 0 Å². The lowest BCUT2D eigenvalue weighted by atomic mass is 10.1. The third-order valence-corrected chi connectivity index (χ3v) is 2.44. The fourth-order valence-electron chi connectivity index (χ4n) is 1.60. The summed E-state index contributed by atoms with van der Waals surface area (Å²) in [5.74, 6) is 0. The quantitative estimate of drug-likeness (QED) is 0.696. The largest absolute Gasteiger partial charge is 0.392 e. The van der Waals surface area contributed by atoms with E-state index in [0.29, 0.717) is 19.5 Å². The van der Waals surface area contributed by atoms with Crippen LogP contribution in [0.25, 0.3) is 0 Å². The molecule has 0 bridgehead atoms. The monoisotopic (exact) mass is 175 g/mol. The van der Waals surface area contributed by atoms with Gasteiger partial charge in [0, 0.05) is 19.6 Å². The Morgan fingerprint density at radius 2 is 2.33 bits per heavy atom. The van der Waals surface area contributed by atoms with Gasteiger partial charge in [-0.3, -0.25) is 4.90 Å². The molecular weight excluding hydrogens is 157 g/mol. The molecule has 1 heterocycles. The molecule has 12 heavy (non-hydrogen) atoms. The van der Waals surface area contributed by atoms with Crippen LogP contribution < -0.4 is 0 Å². The van der Waals surface area contributed by atoms with Crippen LogP contribution in [0.1, 0.15) is 26.7 Å². The molecule has 1 fully saturated rings. The maximum absolute atomic E-state index is 13.3. The van der Waals surface area contributed by atoms with E-state index in [9.17, 15) is 9.50 Å². The number of aliphatic hydroxyl groups is 1. The molecule has 72 valence electrons. The van der Waals surface area contributed by atoms with Crippen LogP contribution in [-0.4, -0.2) is 41.4 Å². The molecule has 1 aliphatic rings. The Kier molecular flexibility index (Phi) is 3.07. The molecule has 0 aromatic carbocycles. The molecule has 0 radical (unpaired) electrons. The molecule has 2 atom stereocenters. The SMILES string of the molecule is CC[C@H](O)CN1CCC(C)(F)C1. The summed E-state index contributed by atoms with van der Waals surface area (Å²) in [6.45, 7) is 5.45.